The Morgan fingerprint density at radius 2 is 1.78 bits per heavy atom. The van der Waals surface area contributed by atoms with Crippen LogP contribution in [0.4, 0.5) is 20.9 Å². The van der Waals surface area contributed by atoms with Crippen LogP contribution < -0.4 is 19.9 Å². The van der Waals surface area contributed by atoms with Crippen molar-refractivity contribution in [3.05, 3.63) is 65.7 Å². The molecule has 1 aromatic heterocycles. The van der Waals surface area contributed by atoms with Gasteiger partial charge in [0.25, 0.3) is 5.91 Å². The lowest BCUT2D eigenvalue weighted by Gasteiger charge is -2.36. The van der Waals surface area contributed by atoms with Crippen LogP contribution in [0.25, 0.3) is 0 Å². The molecule has 1 atom stereocenters. The highest BCUT2D eigenvalue weighted by Crippen LogP contribution is 2.23. The van der Waals surface area contributed by atoms with E-state index in [2.05, 4.69) is 20.1 Å². The number of rotatable bonds is 8. The van der Waals surface area contributed by atoms with E-state index in [1.807, 2.05) is 35.8 Å². The van der Waals surface area contributed by atoms with E-state index in [9.17, 15) is 14.3 Å². The summed E-state index contributed by atoms with van der Waals surface area (Å²) in [5.74, 6) is 0.235. The predicted octanol–water partition coefficient (Wildman–Crippen LogP) is 3.43. The summed E-state index contributed by atoms with van der Waals surface area (Å²) in [4.78, 5) is 21.5. The van der Waals surface area contributed by atoms with E-state index in [-0.39, 0.29) is 12.5 Å². The summed E-state index contributed by atoms with van der Waals surface area (Å²) in [5.41, 5.74) is 2.32. The molecule has 32 heavy (non-hydrogen) atoms. The van der Waals surface area contributed by atoms with E-state index < -0.39 is 12.8 Å². The van der Waals surface area contributed by atoms with Gasteiger partial charge in [-0.1, -0.05) is 0 Å². The van der Waals surface area contributed by atoms with E-state index in [4.69, 9.17) is 4.74 Å². The van der Waals surface area contributed by atoms with Crippen LogP contribution in [0.1, 0.15) is 10.4 Å². The average Bonchev–Trinajstić information content (AvgIpc) is 3.38. The summed E-state index contributed by atoms with van der Waals surface area (Å²) in [6.07, 6.45) is 0.685. The van der Waals surface area contributed by atoms with Crippen LogP contribution in [0, 0.1) is 0 Å². The van der Waals surface area contributed by atoms with Crippen LogP contribution in [-0.2, 0) is 0 Å². The number of ether oxygens (including phenoxy) is 1. The summed E-state index contributed by atoms with van der Waals surface area (Å²) < 4.78 is 17.6. The number of alkyl halides is 1. The van der Waals surface area contributed by atoms with Gasteiger partial charge in [0.05, 0.1) is 0 Å². The first kappa shape index (κ1) is 22.0. The smallest absolute Gasteiger partial charge is 0.255 e. The molecular weight excluding hydrogens is 431 g/mol. The SMILES string of the molecule is O=C(Nc1ccc(N2CCN(c3nccs3)CC2)cc1)c1ccc(OC[C@@H](O)CF)cc1. The van der Waals surface area contributed by atoms with Crippen LogP contribution in [-0.4, -0.2) is 61.6 Å². The molecule has 1 amide bonds. The fourth-order valence-corrected chi connectivity index (χ4v) is 4.12. The topological polar surface area (TPSA) is 77.9 Å². The van der Waals surface area contributed by atoms with E-state index in [0.29, 0.717) is 17.0 Å². The number of hydrogen-bond acceptors (Lipinski definition) is 7. The second-order valence-electron chi connectivity index (χ2n) is 7.43. The van der Waals surface area contributed by atoms with E-state index in [1.165, 1.54) is 0 Å². The van der Waals surface area contributed by atoms with Gasteiger partial charge in [-0.05, 0) is 48.5 Å². The molecule has 1 saturated heterocycles. The number of aromatic nitrogens is 1. The van der Waals surface area contributed by atoms with Crippen LogP contribution in [0.5, 0.6) is 5.75 Å². The largest absolute Gasteiger partial charge is 0.491 e. The number of thiazole rings is 1. The van der Waals surface area contributed by atoms with Crippen molar-refractivity contribution in [1.82, 2.24) is 4.98 Å². The van der Waals surface area contributed by atoms with Gasteiger partial charge in [-0.25, -0.2) is 9.37 Å². The van der Waals surface area contributed by atoms with Crippen molar-refractivity contribution in [3.8, 4) is 5.75 Å². The molecule has 3 aromatic rings. The molecule has 0 aliphatic carbocycles. The maximum atomic E-state index is 12.5. The molecule has 9 heteroatoms. The second-order valence-corrected chi connectivity index (χ2v) is 8.31. The zero-order chi connectivity index (χ0) is 22.3. The number of nitrogens with zero attached hydrogens (tertiary/aromatic N) is 3. The van der Waals surface area contributed by atoms with Gasteiger partial charge >= 0.3 is 0 Å². The van der Waals surface area contributed by atoms with Gasteiger partial charge in [0.15, 0.2) is 5.13 Å². The van der Waals surface area contributed by atoms with Gasteiger partial charge in [-0.2, -0.15) is 0 Å². The standard InChI is InChI=1S/C23H25FN4O3S/c24-15-20(29)16-31-21-7-1-17(2-8-21)22(30)26-18-3-5-19(6-4-18)27-10-12-28(13-11-27)23-25-9-14-32-23/h1-9,14,20,29H,10-13,15-16H2,(H,26,30)/t20-/m0/s1. The first-order valence-electron chi connectivity index (χ1n) is 10.4. The number of carbonyl (C=O) groups excluding carboxylic acids is 1. The predicted molar refractivity (Wildman–Crippen MR) is 125 cm³/mol. The highest BCUT2D eigenvalue weighted by molar-refractivity contribution is 7.13. The van der Waals surface area contributed by atoms with Gasteiger partial charge in [0, 0.05) is 54.7 Å². The number of aliphatic hydroxyl groups excluding tert-OH is 1. The fraction of sp³-hybridized carbons (Fsp3) is 0.304. The first-order chi connectivity index (χ1) is 15.6. The molecule has 0 radical (unpaired) electrons. The Morgan fingerprint density at radius 3 is 2.41 bits per heavy atom. The van der Waals surface area contributed by atoms with E-state index in [1.54, 1.807) is 35.6 Å². The summed E-state index contributed by atoms with van der Waals surface area (Å²) in [7, 11) is 0. The van der Waals surface area contributed by atoms with Gasteiger partial charge in [-0.15, -0.1) is 11.3 Å². The lowest BCUT2D eigenvalue weighted by atomic mass is 10.2. The van der Waals surface area contributed by atoms with Gasteiger partial charge < -0.3 is 25.0 Å². The van der Waals surface area contributed by atoms with Crippen molar-refractivity contribution >= 4 is 33.8 Å². The van der Waals surface area contributed by atoms with Crippen LogP contribution >= 0.6 is 11.3 Å². The lowest BCUT2D eigenvalue weighted by Crippen LogP contribution is -2.46. The summed E-state index contributed by atoms with van der Waals surface area (Å²) in [5, 5.41) is 15.2. The zero-order valence-corrected chi connectivity index (χ0v) is 18.3. The maximum absolute atomic E-state index is 12.5. The van der Waals surface area contributed by atoms with Crippen LogP contribution in [0.3, 0.4) is 0 Å². The number of amides is 1. The minimum atomic E-state index is -1.15. The minimum Gasteiger partial charge on any atom is -0.491 e. The van der Waals surface area contributed by atoms with Crippen molar-refractivity contribution < 1.29 is 19.0 Å². The molecule has 2 aromatic carbocycles. The van der Waals surface area contributed by atoms with Crippen molar-refractivity contribution in [2.24, 2.45) is 0 Å². The third-order valence-electron chi connectivity index (χ3n) is 5.20. The Morgan fingerprint density at radius 1 is 1.09 bits per heavy atom. The molecular formula is C23H25FN4O3S. The average molecular weight is 457 g/mol. The van der Waals surface area contributed by atoms with Crippen LogP contribution in [0.2, 0.25) is 0 Å². The van der Waals surface area contributed by atoms with Gasteiger partial charge in [-0.3, -0.25) is 4.79 Å². The number of aliphatic hydroxyl groups is 1. The number of hydrogen-bond donors (Lipinski definition) is 2. The quantitative estimate of drug-likeness (QED) is 0.541. The maximum Gasteiger partial charge on any atom is 0.255 e. The minimum absolute atomic E-state index is 0.131. The molecule has 0 bridgehead atoms. The van der Waals surface area contributed by atoms with Crippen molar-refractivity contribution in [1.29, 1.82) is 0 Å². The molecule has 0 unspecified atom stereocenters. The monoisotopic (exact) mass is 456 g/mol. The number of nitrogens with one attached hydrogen (secondary N) is 1. The Labute approximate surface area is 190 Å². The zero-order valence-electron chi connectivity index (χ0n) is 17.5. The van der Waals surface area contributed by atoms with Crippen molar-refractivity contribution in [2.45, 2.75) is 6.10 Å². The highest BCUT2D eigenvalue weighted by Gasteiger charge is 2.19. The Kier molecular flexibility index (Phi) is 7.18. The molecule has 1 aliphatic rings. The molecule has 1 fully saturated rings. The molecule has 7 nitrogen and oxygen atoms in total. The molecule has 4 rings (SSSR count). The Bertz CT molecular complexity index is 991. The molecule has 168 valence electrons. The van der Waals surface area contributed by atoms with E-state index >= 15 is 0 Å². The molecule has 0 spiro atoms. The van der Waals surface area contributed by atoms with Crippen LogP contribution in [0.15, 0.2) is 60.1 Å². The van der Waals surface area contributed by atoms with Crippen molar-refractivity contribution in [2.75, 3.05) is 54.6 Å². The number of benzene rings is 2. The summed E-state index contributed by atoms with van der Waals surface area (Å²) in [6.45, 7) is 2.71. The molecule has 2 N–H and O–H groups in total. The molecule has 1 aliphatic heterocycles. The Hall–Kier alpha value is -3.17. The molecule has 2 heterocycles. The van der Waals surface area contributed by atoms with Gasteiger partial charge in [0.2, 0.25) is 0 Å². The lowest BCUT2D eigenvalue weighted by molar-refractivity contribution is 0.0841. The number of anilines is 3. The molecule has 0 saturated carbocycles. The van der Waals surface area contributed by atoms with Gasteiger partial charge in [0.1, 0.15) is 25.1 Å². The normalized spacial score (nSPS) is 14.8. The Balaban J connectivity index is 1.28. The van der Waals surface area contributed by atoms with Crippen molar-refractivity contribution in [3.63, 3.8) is 0 Å². The fourth-order valence-electron chi connectivity index (χ4n) is 3.43. The number of halogens is 1. The number of carbonyl (C=O) groups is 1. The summed E-state index contributed by atoms with van der Waals surface area (Å²) >= 11 is 1.66. The summed E-state index contributed by atoms with van der Waals surface area (Å²) in [6, 6.07) is 14.3. The first-order valence-corrected chi connectivity index (χ1v) is 11.3. The number of piperazine rings is 1. The third kappa shape index (κ3) is 5.54. The highest BCUT2D eigenvalue weighted by atomic mass is 32.1. The second kappa shape index (κ2) is 10.4. The van der Waals surface area contributed by atoms with E-state index in [0.717, 1.165) is 37.0 Å². The third-order valence-corrected chi connectivity index (χ3v) is 6.03.